The summed E-state index contributed by atoms with van der Waals surface area (Å²) < 4.78 is 21.9. The lowest BCUT2D eigenvalue weighted by Gasteiger charge is -2.29. The van der Waals surface area contributed by atoms with Gasteiger partial charge < -0.3 is 10.1 Å². The first-order valence-electron chi connectivity index (χ1n) is 9.83. The van der Waals surface area contributed by atoms with E-state index in [0.717, 1.165) is 51.6 Å². The summed E-state index contributed by atoms with van der Waals surface area (Å²) in [5.41, 5.74) is 4.91. The van der Waals surface area contributed by atoms with Gasteiger partial charge >= 0.3 is 0 Å². The molecule has 1 saturated heterocycles. The second kappa shape index (κ2) is 7.97. The topological polar surface area (TPSA) is 52.0 Å². The zero-order chi connectivity index (χ0) is 20.8. The molecule has 5 nitrogen and oxygen atoms in total. The van der Waals surface area contributed by atoms with Gasteiger partial charge in [-0.3, -0.25) is 0 Å². The number of fused-ring (bicyclic) bond motifs is 2. The molecule has 5 rings (SSSR count). The van der Waals surface area contributed by atoms with Crippen molar-refractivity contribution in [2.45, 2.75) is 25.9 Å². The number of aromatic nitrogens is 3. The number of hydrogen-bond acceptors (Lipinski definition) is 5. The largest absolute Gasteiger partial charge is 0.471 e. The highest BCUT2D eigenvalue weighted by atomic mass is 127. The molecule has 2 aromatic carbocycles. The molecule has 0 radical (unpaired) electrons. The first-order valence-corrected chi connectivity index (χ1v) is 13.1. The second-order valence-electron chi connectivity index (χ2n) is 7.78. The van der Waals surface area contributed by atoms with Crippen LogP contribution < -0.4 is 10.1 Å². The summed E-state index contributed by atoms with van der Waals surface area (Å²) in [6.07, 6.45) is 1.99. The van der Waals surface area contributed by atoms with Crippen LogP contribution in [0.2, 0.25) is 0 Å². The predicted molar refractivity (Wildman–Crippen MR) is 129 cm³/mol. The van der Waals surface area contributed by atoms with Gasteiger partial charge in [-0.15, -0.1) is 0 Å². The van der Waals surface area contributed by atoms with Gasteiger partial charge in [0.05, 0.1) is 17.2 Å². The summed E-state index contributed by atoms with van der Waals surface area (Å²) >= 11 is 2.22. The number of halogens is 2. The van der Waals surface area contributed by atoms with Gasteiger partial charge in [-0.1, -0.05) is 26.0 Å². The Morgan fingerprint density at radius 1 is 1.23 bits per heavy atom. The van der Waals surface area contributed by atoms with E-state index in [1.165, 1.54) is 21.3 Å². The fourth-order valence-corrected chi connectivity index (χ4v) is 5.12. The first-order chi connectivity index (χ1) is 14.5. The number of pyridine rings is 1. The predicted octanol–water partition coefficient (Wildman–Crippen LogP) is 5.71. The molecule has 1 aliphatic heterocycles. The van der Waals surface area contributed by atoms with E-state index in [4.69, 9.17) is 9.72 Å². The molecular weight excluding hydrogens is 514 g/mol. The third-order valence-electron chi connectivity index (χ3n) is 5.44. The van der Waals surface area contributed by atoms with E-state index < -0.39 is 0 Å². The molecule has 1 fully saturated rings. The quantitative estimate of drug-likeness (QED) is 0.333. The molecule has 2 aromatic heterocycles. The summed E-state index contributed by atoms with van der Waals surface area (Å²) in [6, 6.07) is 10.9. The maximum absolute atomic E-state index is 13.7. The molecular formula is C22H20FIN4OS. The van der Waals surface area contributed by atoms with Gasteiger partial charge in [0.25, 0.3) is 0 Å². The molecule has 4 aromatic rings. The lowest BCUT2D eigenvalue weighted by Crippen LogP contribution is -2.50. The maximum Gasteiger partial charge on any atom is 0.218 e. The Morgan fingerprint density at radius 3 is 2.63 bits per heavy atom. The Bertz CT molecular complexity index is 1240. The average molecular weight is 534 g/mol. The molecule has 0 atom stereocenters. The second-order valence-corrected chi connectivity index (χ2v) is 9.45. The van der Waals surface area contributed by atoms with E-state index in [0.29, 0.717) is 5.88 Å². The van der Waals surface area contributed by atoms with Crippen molar-refractivity contribution in [2.24, 2.45) is 0 Å². The van der Waals surface area contributed by atoms with Crippen molar-refractivity contribution in [3.8, 4) is 17.0 Å². The van der Waals surface area contributed by atoms with Crippen LogP contribution in [0.3, 0.4) is 0 Å². The summed E-state index contributed by atoms with van der Waals surface area (Å²) in [5, 5.41) is 9.77. The molecule has 0 saturated carbocycles. The molecule has 30 heavy (non-hydrogen) atoms. The fraction of sp³-hybridized carbons (Fsp3) is 0.273. The monoisotopic (exact) mass is 534 g/mol. The molecule has 0 aliphatic carbocycles. The number of rotatable bonds is 5. The highest BCUT2D eigenvalue weighted by Crippen LogP contribution is 2.42. The Kier molecular flexibility index (Phi) is 5.32. The normalized spacial score (nSPS) is 14.6. The van der Waals surface area contributed by atoms with Crippen molar-refractivity contribution in [1.29, 1.82) is 0 Å². The van der Waals surface area contributed by atoms with Crippen molar-refractivity contribution in [2.75, 3.05) is 13.1 Å². The highest BCUT2D eigenvalue weighted by molar-refractivity contribution is 14.2. The van der Waals surface area contributed by atoms with Crippen LogP contribution in [0.1, 0.15) is 25.3 Å². The van der Waals surface area contributed by atoms with Crippen LogP contribution in [0, 0.1) is 5.82 Å². The SMILES string of the molecule is CC(C)c1c(OC2CNC2)nc2cc3c(cnn3SI)cc2c1-c1ccc(F)cc1. The summed E-state index contributed by atoms with van der Waals surface area (Å²) in [6.45, 7) is 5.93. The molecule has 154 valence electrons. The number of benzene rings is 2. The third kappa shape index (κ3) is 3.44. The van der Waals surface area contributed by atoms with Crippen LogP contribution in [0.4, 0.5) is 4.39 Å². The minimum atomic E-state index is -0.247. The van der Waals surface area contributed by atoms with Crippen molar-refractivity contribution in [3.05, 3.63) is 54.0 Å². The van der Waals surface area contributed by atoms with E-state index in [1.807, 2.05) is 22.4 Å². The summed E-state index contributed by atoms with van der Waals surface area (Å²) in [4.78, 5) is 4.95. The molecule has 3 heterocycles. The molecule has 0 bridgehead atoms. The molecule has 0 spiro atoms. The maximum atomic E-state index is 13.7. The lowest BCUT2D eigenvalue weighted by molar-refractivity contribution is 0.135. The van der Waals surface area contributed by atoms with Crippen LogP contribution in [0.25, 0.3) is 32.9 Å². The summed E-state index contributed by atoms with van der Waals surface area (Å²) in [7, 11) is 1.52. The van der Waals surface area contributed by atoms with Gasteiger partial charge in [-0.25, -0.2) is 9.37 Å². The molecule has 8 heteroatoms. The minimum absolute atomic E-state index is 0.118. The van der Waals surface area contributed by atoms with Gasteiger partial charge in [0.15, 0.2) is 0 Å². The van der Waals surface area contributed by atoms with Crippen molar-refractivity contribution >= 4 is 52.1 Å². The standard InChI is InChI=1S/C22H20FIN4OS/c1-12(2)20-21(13-3-5-15(23)6-4-13)17-7-14-9-26-28(30-24)19(14)8-18(17)27-22(20)29-16-10-25-11-16/h3-9,12,16,25H,10-11H2,1-2H3. The van der Waals surface area contributed by atoms with Crippen molar-refractivity contribution in [3.63, 3.8) is 0 Å². The average Bonchev–Trinajstić information content (AvgIpc) is 3.10. The van der Waals surface area contributed by atoms with Crippen LogP contribution in [0.15, 0.2) is 42.6 Å². The van der Waals surface area contributed by atoms with Gasteiger partial charge in [0.1, 0.15) is 11.9 Å². The Morgan fingerprint density at radius 2 is 2.00 bits per heavy atom. The van der Waals surface area contributed by atoms with Crippen molar-refractivity contribution in [1.82, 2.24) is 19.5 Å². The lowest BCUT2D eigenvalue weighted by atomic mass is 9.90. The zero-order valence-electron chi connectivity index (χ0n) is 16.5. The molecule has 1 aliphatic rings. The number of ether oxygens (including phenoxy) is 1. The molecule has 1 N–H and O–H groups in total. The van der Waals surface area contributed by atoms with Crippen LogP contribution >= 0.6 is 30.3 Å². The van der Waals surface area contributed by atoms with Gasteiger partial charge in [-0.2, -0.15) is 9.19 Å². The van der Waals surface area contributed by atoms with E-state index in [-0.39, 0.29) is 17.8 Å². The number of nitrogens with one attached hydrogen (secondary N) is 1. The summed E-state index contributed by atoms with van der Waals surface area (Å²) in [5.74, 6) is 0.604. The van der Waals surface area contributed by atoms with Gasteiger partial charge in [0, 0.05) is 59.8 Å². The van der Waals surface area contributed by atoms with Crippen LogP contribution in [0.5, 0.6) is 5.88 Å². The number of hydrogen-bond donors (Lipinski definition) is 1. The van der Waals surface area contributed by atoms with Crippen LogP contribution in [-0.4, -0.2) is 33.4 Å². The smallest absolute Gasteiger partial charge is 0.218 e. The number of nitrogens with zero attached hydrogens (tertiary/aromatic N) is 3. The molecule has 0 amide bonds. The fourth-order valence-electron chi connectivity index (χ4n) is 3.87. The van der Waals surface area contributed by atoms with E-state index in [2.05, 4.69) is 57.6 Å². The van der Waals surface area contributed by atoms with Crippen LogP contribution in [-0.2, 0) is 0 Å². The Balaban J connectivity index is 1.84. The molecule has 0 unspecified atom stereocenters. The van der Waals surface area contributed by atoms with Gasteiger partial charge in [0.2, 0.25) is 5.88 Å². The Labute approximate surface area is 190 Å². The third-order valence-corrected chi connectivity index (χ3v) is 6.98. The van der Waals surface area contributed by atoms with E-state index in [1.54, 1.807) is 0 Å². The van der Waals surface area contributed by atoms with Crippen molar-refractivity contribution < 1.29 is 9.13 Å². The minimum Gasteiger partial charge on any atom is -0.471 e. The van der Waals surface area contributed by atoms with E-state index >= 15 is 0 Å². The van der Waals surface area contributed by atoms with E-state index in [9.17, 15) is 4.39 Å². The first kappa shape index (κ1) is 20.0. The highest BCUT2D eigenvalue weighted by Gasteiger charge is 2.26. The zero-order valence-corrected chi connectivity index (χ0v) is 19.5. The Hall–Kier alpha value is -1.91. The van der Waals surface area contributed by atoms with Gasteiger partial charge in [-0.05, 0) is 41.3 Å².